The van der Waals surface area contributed by atoms with E-state index in [4.69, 9.17) is 9.47 Å². The van der Waals surface area contributed by atoms with Gasteiger partial charge in [-0.05, 0) is 55.0 Å². The van der Waals surface area contributed by atoms with E-state index in [0.717, 1.165) is 56.0 Å². The number of nitrogens with zero attached hydrogens (tertiary/aromatic N) is 3. The Balaban J connectivity index is 1.32. The Morgan fingerprint density at radius 3 is 2.75 bits per heavy atom. The lowest BCUT2D eigenvalue weighted by molar-refractivity contribution is -0.130. The number of carbonyl (C=O) groups is 2. The lowest BCUT2D eigenvalue weighted by Crippen LogP contribution is -2.44. The maximum Gasteiger partial charge on any atom is 0.241 e. The van der Waals surface area contributed by atoms with Crippen LogP contribution in [0.2, 0.25) is 0 Å². The average molecular weight is 493 g/mol. The van der Waals surface area contributed by atoms with E-state index < -0.39 is 0 Å². The monoisotopic (exact) mass is 492 g/mol. The van der Waals surface area contributed by atoms with Gasteiger partial charge in [-0.2, -0.15) is 0 Å². The Morgan fingerprint density at radius 1 is 1.14 bits per heavy atom. The zero-order valence-corrected chi connectivity index (χ0v) is 21.0. The van der Waals surface area contributed by atoms with Crippen molar-refractivity contribution in [3.8, 4) is 11.5 Å². The molecule has 8 nitrogen and oxygen atoms in total. The van der Waals surface area contributed by atoms with E-state index in [-0.39, 0.29) is 24.6 Å². The van der Waals surface area contributed by atoms with Crippen LogP contribution < -0.4 is 19.8 Å². The van der Waals surface area contributed by atoms with Gasteiger partial charge in [0.1, 0.15) is 0 Å². The van der Waals surface area contributed by atoms with Gasteiger partial charge >= 0.3 is 0 Å². The number of carbonyl (C=O) groups excluding carboxylic acids is 2. The number of rotatable bonds is 10. The molecule has 36 heavy (non-hydrogen) atoms. The van der Waals surface area contributed by atoms with Crippen LogP contribution in [0.1, 0.15) is 50.5 Å². The van der Waals surface area contributed by atoms with Gasteiger partial charge in [-0.25, -0.2) is 5.43 Å². The molecule has 2 unspecified atom stereocenters. The second-order valence-corrected chi connectivity index (χ2v) is 9.86. The molecule has 0 spiro atoms. The van der Waals surface area contributed by atoms with Gasteiger partial charge in [-0.15, -0.1) is 0 Å². The summed E-state index contributed by atoms with van der Waals surface area (Å²) >= 11 is 0. The molecule has 192 valence electrons. The van der Waals surface area contributed by atoms with Crippen LogP contribution in [-0.4, -0.2) is 67.3 Å². The third kappa shape index (κ3) is 5.50. The Hall–Kier alpha value is -3.10. The highest BCUT2D eigenvalue weighted by Gasteiger charge is 2.36. The van der Waals surface area contributed by atoms with E-state index in [9.17, 15) is 9.59 Å². The number of amides is 2. The molecule has 5 rings (SSSR count). The van der Waals surface area contributed by atoms with Gasteiger partial charge < -0.3 is 14.4 Å². The number of para-hydroxylation sites is 1. The molecule has 3 aliphatic heterocycles. The van der Waals surface area contributed by atoms with Crippen molar-refractivity contribution in [3.05, 3.63) is 54.1 Å². The number of hydrazine groups is 1. The highest BCUT2D eigenvalue weighted by Crippen LogP contribution is 2.39. The van der Waals surface area contributed by atoms with Crippen LogP contribution in [-0.2, 0) is 9.59 Å². The summed E-state index contributed by atoms with van der Waals surface area (Å²) in [5, 5.41) is 1.74. The number of fused-ring (bicyclic) bond motifs is 1. The average Bonchev–Trinajstić information content (AvgIpc) is 3.63. The standard InChI is InChI=1S/C28H36N4O4/c1-2-3-14-31(23-7-5-4-6-8-23)28(34)19-30-18-22(21-9-10-25-26(17-21)36-20-35-25)16-24(30)12-15-32-27(33)11-13-29-32/h4-10,17,22,24,29H,2-3,11-16,18-20H2,1H3. The summed E-state index contributed by atoms with van der Waals surface area (Å²) in [6, 6.07) is 16.3. The molecule has 2 atom stereocenters. The summed E-state index contributed by atoms with van der Waals surface area (Å²) < 4.78 is 11.1. The lowest BCUT2D eigenvalue weighted by atomic mass is 9.95. The quantitative estimate of drug-likeness (QED) is 0.547. The molecule has 2 aromatic carbocycles. The zero-order valence-electron chi connectivity index (χ0n) is 21.0. The molecule has 1 N–H and O–H groups in total. The van der Waals surface area contributed by atoms with E-state index in [0.29, 0.717) is 32.0 Å². The molecular formula is C28H36N4O4. The van der Waals surface area contributed by atoms with Crippen molar-refractivity contribution in [2.75, 3.05) is 44.4 Å². The summed E-state index contributed by atoms with van der Waals surface area (Å²) in [5.74, 6) is 2.15. The number of likely N-dealkylation sites (tertiary alicyclic amines) is 1. The summed E-state index contributed by atoms with van der Waals surface area (Å²) in [4.78, 5) is 30.0. The maximum atomic E-state index is 13.6. The van der Waals surface area contributed by atoms with Gasteiger partial charge in [-0.3, -0.25) is 19.5 Å². The third-order valence-corrected chi connectivity index (χ3v) is 7.47. The molecule has 3 aliphatic rings. The summed E-state index contributed by atoms with van der Waals surface area (Å²) in [7, 11) is 0. The fourth-order valence-corrected chi connectivity index (χ4v) is 5.47. The molecule has 0 aromatic heterocycles. The Labute approximate surface area is 213 Å². The minimum absolute atomic E-state index is 0.126. The van der Waals surface area contributed by atoms with E-state index in [1.54, 1.807) is 5.01 Å². The summed E-state index contributed by atoms with van der Waals surface area (Å²) in [6.45, 7) is 5.65. The molecule has 2 saturated heterocycles. The third-order valence-electron chi connectivity index (χ3n) is 7.47. The maximum absolute atomic E-state index is 13.6. The molecule has 3 heterocycles. The van der Waals surface area contributed by atoms with E-state index in [2.05, 4.69) is 29.4 Å². The van der Waals surface area contributed by atoms with Crippen LogP contribution in [0.3, 0.4) is 0 Å². The molecule has 0 saturated carbocycles. The van der Waals surface area contributed by atoms with Gasteiger partial charge in [0, 0.05) is 44.3 Å². The second kappa shape index (κ2) is 11.3. The first-order chi connectivity index (χ1) is 17.6. The number of benzene rings is 2. The van der Waals surface area contributed by atoms with Crippen molar-refractivity contribution in [1.82, 2.24) is 15.3 Å². The first-order valence-corrected chi connectivity index (χ1v) is 13.1. The Morgan fingerprint density at radius 2 is 1.97 bits per heavy atom. The van der Waals surface area contributed by atoms with Crippen LogP contribution in [0, 0.1) is 0 Å². The van der Waals surface area contributed by atoms with Gasteiger partial charge in [0.05, 0.1) is 6.54 Å². The fourth-order valence-electron chi connectivity index (χ4n) is 5.47. The van der Waals surface area contributed by atoms with E-state index in [1.165, 1.54) is 5.56 Å². The number of unbranched alkanes of at least 4 members (excludes halogenated alkanes) is 1. The molecule has 8 heteroatoms. The minimum atomic E-state index is 0.126. The Bertz CT molecular complexity index is 1060. The minimum Gasteiger partial charge on any atom is -0.454 e. The van der Waals surface area contributed by atoms with Crippen LogP contribution in [0.5, 0.6) is 11.5 Å². The van der Waals surface area contributed by atoms with Gasteiger partial charge in [0.15, 0.2) is 11.5 Å². The summed E-state index contributed by atoms with van der Waals surface area (Å²) in [5.41, 5.74) is 5.34. The van der Waals surface area contributed by atoms with Crippen LogP contribution in [0.15, 0.2) is 48.5 Å². The molecule has 2 fully saturated rings. The van der Waals surface area contributed by atoms with E-state index in [1.807, 2.05) is 41.3 Å². The van der Waals surface area contributed by atoms with Crippen molar-refractivity contribution in [3.63, 3.8) is 0 Å². The predicted octanol–water partition coefficient (Wildman–Crippen LogP) is 3.53. The molecule has 0 bridgehead atoms. The van der Waals surface area contributed by atoms with Crippen LogP contribution >= 0.6 is 0 Å². The van der Waals surface area contributed by atoms with E-state index >= 15 is 0 Å². The summed E-state index contributed by atoms with van der Waals surface area (Å²) in [6.07, 6.45) is 4.32. The number of anilines is 1. The predicted molar refractivity (Wildman–Crippen MR) is 138 cm³/mol. The van der Waals surface area contributed by atoms with Crippen molar-refractivity contribution >= 4 is 17.5 Å². The van der Waals surface area contributed by atoms with Gasteiger partial charge in [0.25, 0.3) is 0 Å². The lowest BCUT2D eigenvalue weighted by Gasteiger charge is -2.29. The first kappa shape index (κ1) is 24.6. The highest BCUT2D eigenvalue weighted by atomic mass is 16.7. The van der Waals surface area contributed by atoms with Crippen molar-refractivity contribution in [1.29, 1.82) is 0 Å². The normalized spacial score (nSPS) is 21.4. The number of hydrogen-bond donors (Lipinski definition) is 1. The number of ether oxygens (including phenoxy) is 2. The fraction of sp³-hybridized carbons (Fsp3) is 0.500. The molecule has 0 aliphatic carbocycles. The van der Waals surface area contributed by atoms with Crippen LogP contribution in [0.4, 0.5) is 5.69 Å². The molecule has 0 radical (unpaired) electrons. The van der Waals surface area contributed by atoms with Crippen molar-refractivity contribution in [2.24, 2.45) is 0 Å². The second-order valence-electron chi connectivity index (χ2n) is 9.86. The largest absolute Gasteiger partial charge is 0.454 e. The number of hydrogen-bond acceptors (Lipinski definition) is 6. The Kier molecular flexibility index (Phi) is 7.72. The van der Waals surface area contributed by atoms with Gasteiger partial charge in [0.2, 0.25) is 18.6 Å². The molecular weight excluding hydrogens is 456 g/mol. The zero-order chi connectivity index (χ0) is 24.9. The topological polar surface area (TPSA) is 74.4 Å². The highest BCUT2D eigenvalue weighted by molar-refractivity contribution is 5.94. The number of nitrogens with one attached hydrogen (secondary N) is 1. The van der Waals surface area contributed by atoms with Gasteiger partial charge in [-0.1, -0.05) is 37.6 Å². The van der Waals surface area contributed by atoms with Crippen molar-refractivity contribution in [2.45, 2.75) is 51.0 Å². The molecule has 2 amide bonds. The molecule has 2 aromatic rings. The smallest absolute Gasteiger partial charge is 0.241 e. The first-order valence-electron chi connectivity index (χ1n) is 13.1. The van der Waals surface area contributed by atoms with Crippen molar-refractivity contribution < 1.29 is 19.1 Å². The van der Waals surface area contributed by atoms with Crippen LogP contribution in [0.25, 0.3) is 0 Å². The SMILES string of the molecule is CCCCN(C(=O)CN1CC(c2ccc3c(c2)OCO3)CC1CCN1NCCC1=O)c1ccccc1.